The Bertz CT molecular complexity index is 1020. The van der Waals surface area contributed by atoms with Crippen molar-refractivity contribution in [3.8, 4) is 0 Å². The van der Waals surface area contributed by atoms with Crippen molar-refractivity contribution >= 4 is 22.8 Å². The number of amides is 2. The van der Waals surface area contributed by atoms with Gasteiger partial charge in [-0.15, -0.1) is 0 Å². The predicted molar refractivity (Wildman–Crippen MR) is 115 cm³/mol. The molecule has 2 aromatic rings. The molecular formula is C22H31N5O3. The summed E-state index contributed by atoms with van der Waals surface area (Å²) in [5.74, 6) is -0.677. The second kappa shape index (κ2) is 8.35. The summed E-state index contributed by atoms with van der Waals surface area (Å²) >= 11 is 0. The molecule has 2 aliphatic heterocycles. The number of aryl methyl sites for hydroxylation is 1. The van der Waals surface area contributed by atoms with Crippen molar-refractivity contribution in [3.05, 3.63) is 34.2 Å². The summed E-state index contributed by atoms with van der Waals surface area (Å²) in [4.78, 5) is 41.7. The number of piperazine rings is 1. The maximum atomic E-state index is 12.9. The summed E-state index contributed by atoms with van der Waals surface area (Å²) in [6.45, 7) is 9.62. The average Bonchev–Trinajstić information content (AvgIpc) is 2.98. The zero-order valence-corrected chi connectivity index (χ0v) is 18.1. The number of carbonyl (C=O) groups excluding carboxylic acids is 2. The van der Waals surface area contributed by atoms with Crippen molar-refractivity contribution in [2.45, 2.75) is 51.7 Å². The number of imide groups is 1. The van der Waals surface area contributed by atoms with Gasteiger partial charge in [0.1, 0.15) is 6.04 Å². The van der Waals surface area contributed by atoms with Crippen LogP contribution >= 0.6 is 0 Å². The Morgan fingerprint density at radius 1 is 1.10 bits per heavy atom. The molecule has 3 heterocycles. The molecule has 0 aliphatic carbocycles. The van der Waals surface area contributed by atoms with Crippen LogP contribution in [0.4, 0.5) is 0 Å². The topological polar surface area (TPSA) is 79.6 Å². The van der Waals surface area contributed by atoms with Gasteiger partial charge in [-0.3, -0.25) is 33.8 Å². The molecule has 1 aromatic carbocycles. The number of carbonyl (C=O) groups is 2. The van der Waals surface area contributed by atoms with Crippen LogP contribution in [0.2, 0.25) is 0 Å². The highest BCUT2D eigenvalue weighted by Gasteiger charge is 2.31. The molecule has 4 rings (SSSR count). The van der Waals surface area contributed by atoms with E-state index < -0.39 is 11.9 Å². The van der Waals surface area contributed by atoms with Crippen LogP contribution < -0.4 is 11.0 Å². The highest BCUT2D eigenvalue weighted by atomic mass is 16.2. The maximum absolute atomic E-state index is 12.9. The summed E-state index contributed by atoms with van der Waals surface area (Å²) in [7, 11) is 1.74. The van der Waals surface area contributed by atoms with E-state index in [1.54, 1.807) is 11.6 Å². The standard InChI is InChI=1S/C22H31N5O3/c1-4-15(2)26-11-9-25(10-12-26)14-16-5-6-17-19(13-16)24(3)22(30)27(17)18-7-8-20(28)23-21(18)29/h5-6,13,15,18H,4,7-12,14H2,1-3H3,(H,23,28,29)/t15-,18?/m0/s1. The first-order valence-electron chi connectivity index (χ1n) is 10.9. The van der Waals surface area contributed by atoms with Gasteiger partial charge in [0.2, 0.25) is 11.8 Å². The lowest BCUT2D eigenvalue weighted by atomic mass is 10.1. The van der Waals surface area contributed by atoms with E-state index in [2.05, 4.69) is 35.0 Å². The van der Waals surface area contributed by atoms with Gasteiger partial charge in [0.05, 0.1) is 11.0 Å². The van der Waals surface area contributed by atoms with E-state index in [9.17, 15) is 14.4 Å². The van der Waals surface area contributed by atoms with Crippen LogP contribution in [0.5, 0.6) is 0 Å². The molecule has 30 heavy (non-hydrogen) atoms. The second-order valence-electron chi connectivity index (χ2n) is 8.57. The summed E-state index contributed by atoms with van der Waals surface area (Å²) in [6, 6.07) is 6.03. The van der Waals surface area contributed by atoms with Crippen molar-refractivity contribution in [3.63, 3.8) is 0 Å². The number of fused-ring (bicyclic) bond motifs is 1. The van der Waals surface area contributed by atoms with Crippen LogP contribution in [0.1, 0.15) is 44.7 Å². The Balaban J connectivity index is 1.54. The fraction of sp³-hybridized carbons (Fsp3) is 0.591. The second-order valence-corrected chi connectivity index (χ2v) is 8.57. The van der Waals surface area contributed by atoms with Gasteiger partial charge in [-0.25, -0.2) is 4.79 Å². The Morgan fingerprint density at radius 2 is 1.83 bits per heavy atom. The van der Waals surface area contributed by atoms with Crippen molar-refractivity contribution in [1.29, 1.82) is 0 Å². The monoisotopic (exact) mass is 413 g/mol. The molecule has 0 saturated carbocycles. The third-order valence-electron chi connectivity index (χ3n) is 6.70. The quantitative estimate of drug-likeness (QED) is 0.746. The van der Waals surface area contributed by atoms with E-state index in [1.165, 1.54) is 11.0 Å². The minimum Gasteiger partial charge on any atom is -0.298 e. The lowest BCUT2D eigenvalue weighted by Gasteiger charge is -2.37. The van der Waals surface area contributed by atoms with Crippen molar-refractivity contribution in [2.75, 3.05) is 26.2 Å². The number of nitrogens with zero attached hydrogens (tertiary/aromatic N) is 4. The largest absolute Gasteiger partial charge is 0.329 e. The minimum absolute atomic E-state index is 0.223. The molecule has 0 radical (unpaired) electrons. The fourth-order valence-electron chi connectivity index (χ4n) is 4.62. The van der Waals surface area contributed by atoms with Crippen LogP contribution in [-0.2, 0) is 23.2 Å². The molecule has 2 aliphatic rings. The number of rotatable bonds is 5. The van der Waals surface area contributed by atoms with Gasteiger partial charge in [0.25, 0.3) is 0 Å². The fourth-order valence-corrected chi connectivity index (χ4v) is 4.62. The maximum Gasteiger partial charge on any atom is 0.329 e. The zero-order valence-electron chi connectivity index (χ0n) is 18.1. The molecule has 2 saturated heterocycles. The van der Waals surface area contributed by atoms with E-state index >= 15 is 0 Å². The number of benzene rings is 1. The van der Waals surface area contributed by atoms with Crippen molar-refractivity contribution in [1.82, 2.24) is 24.3 Å². The molecule has 8 nitrogen and oxygen atoms in total. The lowest BCUT2D eigenvalue weighted by Crippen LogP contribution is -2.48. The highest BCUT2D eigenvalue weighted by molar-refractivity contribution is 6.00. The third kappa shape index (κ3) is 3.81. The Morgan fingerprint density at radius 3 is 2.50 bits per heavy atom. The van der Waals surface area contributed by atoms with Gasteiger partial charge in [-0.05, 0) is 37.5 Å². The summed E-state index contributed by atoms with van der Waals surface area (Å²) in [5, 5.41) is 2.35. The van der Waals surface area contributed by atoms with Gasteiger partial charge in [-0.1, -0.05) is 13.0 Å². The molecule has 1 aromatic heterocycles. The van der Waals surface area contributed by atoms with E-state index in [0.29, 0.717) is 12.5 Å². The normalized spacial score (nSPS) is 22.4. The van der Waals surface area contributed by atoms with E-state index in [1.807, 2.05) is 12.1 Å². The first-order chi connectivity index (χ1) is 14.4. The minimum atomic E-state index is -0.640. The van der Waals surface area contributed by atoms with Gasteiger partial charge in [0.15, 0.2) is 0 Å². The number of nitrogens with one attached hydrogen (secondary N) is 1. The highest BCUT2D eigenvalue weighted by Crippen LogP contribution is 2.24. The molecule has 1 N–H and O–H groups in total. The average molecular weight is 414 g/mol. The first kappa shape index (κ1) is 20.8. The number of imidazole rings is 1. The van der Waals surface area contributed by atoms with Crippen LogP contribution in [0.3, 0.4) is 0 Å². The summed E-state index contributed by atoms with van der Waals surface area (Å²) < 4.78 is 3.13. The molecule has 8 heteroatoms. The van der Waals surface area contributed by atoms with Crippen molar-refractivity contribution in [2.24, 2.45) is 7.05 Å². The smallest absolute Gasteiger partial charge is 0.298 e. The van der Waals surface area contributed by atoms with E-state index in [-0.39, 0.29) is 18.0 Å². The van der Waals surface area contributed by atoms with Gasteiger partial charge < -0.3 is 0 Å². The summed E-state index contributed by atoms with van der Waals surface area (Å²) in [6.07, 6.45) is 1.78. The molecule has 2 atom stereocenters. The van der Waals surface area contributed by atoms with E-state index in [4.69, 9.17) is 0 Å². The Labute approximate surface area is 176 Å². The molecule has 0 bridgehead atoms. The summed E-state index contributed by atoms with van der Waals surface area (Å²) in [5.41, 5.74) is 2.50. The molecule has 1 unspecified atom stereocenters. The van der Waals surface area contributed by atoms with Gasteiger partial charge >= 0.3 is 5.69 Å². The molecular weight excluding hydrogens is 382 g/mol. The SMILES string of the molecule is CC[C@H](C)N1CCN(Cc2ccc3c(c2)n(C)c(=O)n3C2CCC(=O)NC2=O)CC1. The van der Waals surface area contributed by atoms with E-state index in [0.717, 1.165) is 49.3 Å². The molecule has 2 amide bonds. The molecule has 2 fully saturated rings. The van der Waals surface area contributed by atoms with Crippen LogP contribution in [0, 0.1) is 0 Å². The predicted octanol–water partition coefficient (Wildman–Crippen LogP) is 1.23. The number of aromatic nitrogens is 2. The number of hydrogen-bond acceptors (Lipinski definition) is 5. The Kier molecular flexibility index (Phi) is 5.79. The van der Waals surface area contributed by atoms with Crippen LogP contribution in [-0.4, -0.2) is 63.0 Å². The molecule has 162 valence electrons. The van der Waals surface area contributed by atoms with Crippen molar-refractivity contribution < 1.29 is 9.59 Å². The van der Waals surface area contributed by atoms with Gasteiger partial charge in [0, 0.05) is 52.2 Å². The molecule has 0 spiro atoms. The number of hydrogen-bond donors (Lipinski definition) is 1. The zero-order chi connectivity index (χ0) is 21.4. The Hall–Kier alpha value is -2.45. The lowest BCUT2D eigenvalue weighted by molar-refractivity contribution is -0.135. The number of piperidine rings is 1. The van der Waals surface area contributed by atoms with Crippen LogP contribution in [0.25, 0.3) is 11.0 Å². The van der Waals surface area contributed by atoms with Gasteiger partial charge in [-0.2, -0.15) is 0 Å². The van der Waals surface area contributed by atoms with Crippen LogP contribution in [0.15, 0.2) is 23.0 Å². The third-order valence-corrected chi connectivity index (χ3v) is 6.70. The first-order valence-corrected chi connectivity index (χ1v) is 10.9.